The van der Waals surface area contributed by atoms with E-state index >= 15 is 0 Å². The molecule has 0 amide bonds. The highest BCUT2D eigenvalue weighted by atomic mass is 16.5. The van der Waals surface area contributed by atoms with Crippen LogP contribution >= 0.6 is 0 Å². The first-order valence-corrected chi connectivity index (χ1v) is 5.51. The zero-order valence-electron chi connectivity index (χ0n) is 10.9. The van der Waals surface area contributed by atoms with Crippen molar-refractivity contribution in [2.45, 2.75) is 6.04 Å². The van der Waals surface area contributed by atoms with Crippen LogP contribution in [0, 0.1) is 0 Å². The maximum Gasteiger partial charge on any atom is 0.0701 e. The molecule has 0 saturated heterocycles. The lowest BCUT2D eigenvalue weighted by molar-refractivity contribution is 0.00458. The van der Waals surface area contributed by atoms with E-state index in [2.05, 4.69) is 4.90 Å². The topological polar surface area (TPSA) is 40.2 Å². The van der Waals surface area contributed by atoms with E-state index in [4.69, 9.17) is 18.9 Å². The summed E-state index contributed by atoms with van der Waals surface area (Å²) >= 11 is 0. The number of ether oxygens (including phenoxy) is 4. The van der Waals surface area contributed by atoms with Crippen LogP contribution in [0.15, 0.2) is 0 Å². The summed E-state index contributed by atoms with van der Waals surface area (Å²) in [6.45, 7) is 4.15. The average molecular weight is 235 g/mol. The van der Waals surface area contributed by atoms with Gasteiger partial charge in [0.2, 0.25) is 0 Å². The first-order chi connectivity index (χ1) is 7.76. The van der Waals surface area contributed by atoms with Gasteiger partial charge >= 0.3 is 0 Å². The molecule has 0 saturated carbocycles. The summed E-state index contributed by atoms with van der Waals surface area (Å²) in [5.41, 5.74) is 0. The lowest BCUT2D eigenvalue weighted by Crippen LogP contribution is -2.41. The van der Waals surface area contributed by atoms with Crippen LogP contribution in [0.25, 0.3) is 0 Å². The van der Waals surface area contributed by atoms with Crippen LogP contribution in [0.4, 0.5) is 0 Å². The number of nitrogens with zero attached hydrogens (tertiary/aromatic N) is 1. The number of likely N-dealkylation sites (N-methyl/N-ethyl adjacent to an activating group) is 1. The number of rotatable bonds is 11. The molecule has 0 aliphatic carbocycles. The van der Waals surface area contributed by atoms with E-state index < -0.39 is 0 Å². The highest BCUT2D eigenvalue weighted by Crippen LogP contribution is 1.98. The van der Waals surface area contributed by atoms with Crippen molar-refractivity contribution < 1.29 is 18.9 Å². The maximum atomic E-state index is 5.50. The van der Waals surface area contributed by atoms with Gasteiger partial charge in [-0.3, -0.25) is 4.90 Å². The molecular formula is C11H25NO4. The summed E-state index contributed by atoms with van der Waals surface area (Å²) in [6, 6.07) is 0.261. The molecule has 0 aromatic carbocycles. The molecule has 0 radical (unpaired) electrons. The van der Waals surface area contributed by atoms with Crippen LogP contribution in [0.3, 0.4) is 0 Å². The maximum absolute atomic E-state index is 5.50. The highest BCUT2D eigenvalue weighted by Gasteiger charge is 2.14. The molecule has 0 spiro atoms. The molecule has 0 bridgehead atoms. The first kappa shape index (κ1) is 15.8. The van der Waals surface area contributed by atoms with Gasteiger partial charge in [0.1, 0.15) is 0 Å². The zero-order chi connectivity index (χ0) is 12.2. The van der Waals surface area contributed by atoms with Gasteiger partial charge in [0, 0.05) is 27.9 Å². The monoisotopic (exact) mass is 235 g/mol. The molecule has 0 aromatic rings. The minimum absolute atomic E-state index is 0.261. The van der Waals surface area contributed by atoms with Gasteiger partial charge < -0.3 is 18.9 Å². The molecule has 0 N–H and O–H groups in total. The van der Waals surface area contributed by atoms with Gasteiger partial charge in [-0.1, -0.05) is 0 Å². The van der Waals surface area contributed by atoms with E-state index in [-0.39, 0.29) is 6.04 Å². The van der Waals surface area contributed by atoms with Crippen molar-refractivity contribution >= 4 is 0 Å². The van der Waals surface area contributed by atoms with Gasteiger partial charge in [-0.05, 0) is 7.05 Å². The quantitative estimate of drug-likeness (QED) is 0.480. The smallest absolute Gasteiger partial charge is 0.0701 e. The van der Waals surface area contributed by atoms with Crippen molar-refractivity contribution in [2.75, 3.05) is 68.0 Å². The Bertz CT molecular complexity index is 146. The second kappa shape index (κ2) is 11.3. The fraction of sp³-hybridized carbons (Fsp3) is 1.00. The van der Waals surface area contributed by atoms with E-state index in [0.717, 1.165) is 13.2 Å². The van der Waals surface area contributed by atoms with Crippen molar-refractivity contribution in [3.63, 3.8) is 0 Å². The highest BCUT2D eigenvalue weighted by molar-refractivity contribution is 4.67. The van der Waals surface area contributed by atoms with Crippen LogP contribution < -0.4 is 0 Å². The van der Waals surface area contributed by atoms with Gasteiger partial charge in [-0.25, -0.2) is 0 Å². The summed E-state index contributed by atoms with van der Waals surface area (Å²) in [4.78, 5) is 2.18. The zero-order valence-corrected chi connectivity index (χ0v) is 10.9. The van der Waals surface area contributed by atoms with Crippen LogP contribution in [0.5, 0.6) is 0 Å². The molecule has 0 aliphatic heterocycles. The third kappa shape index (κ3) is 8.01. The average Bonchev–Trinajstić information content (AvgIpc) is 2.30. The molecule has 0 rings (SSSR count). The third-order valence-corrected chi connectivity index (χ3v) is 2.37. The second-order valence-corrected chi connectivity index (χ2v) is 3.65. The lowest BCUT2D eigenvalue weighted by Gasteiger charge is -2.27. The van der Waals surface area contributed by atoms with Crippen molar-refractivity contribution in [1.82, 2.24) is 4.90 Å². The second-order valence-electron chi connectivity index (χ2n) is 3.65. The van der Waals surface area contributed by atoms with E-state index in [9.17, 15) is 0 Å². The SMILES string of the molecule is COCCOCC(COC)N(C)CCOC. The van der Waals surface area contributed by atoms with Crippen LogP contribution in [0.1, 0.15) is 0 Å². The Balaban J connectivity index is 3.75. The Morgan fingerprint density at radius 2 is 1.56 bits per heavy atom. The van der Waals surface area contributed by atoms with Gasteiger partial charge in [0.05, 0.1) is 39.1 Å². The van der Waals surface area contributed by atoms with Crippen molar-refractivity contribution in [3.8, 4) is 0 Å². The van der Waals surface area contributed by atoms with Crippen LogP contribution in [0.2, 0.25) is 0 Å². The molecule has 16 heavy (non-hydrogen) atoms. The standard InChI is InChI=1S/C11H25NO4/c1-12(5-6-13-2)11(9-15-4)10-16-8-7-14-3/h11H,5-10H2,1-4H3. The Morgan fingerprint density at radius 3 is 2.12 bits per heavy atom. The summed E-state index contributed by atoms with van der Waals surface area (Å²) < 4.78 is 20.6. The largest absolute Gasteiger partial charge is 0.383 e. The molecular weight excluding hydrogens is 210 g/mol. The van der Waals surface area contributed by atoms with Gasteiger partial charge in [0.25, 0.3) is 0 Å². The summed E-state index contributed by atoms with van der Waals surface area (Å²) in [7, 11) is 7.11. The molecule has 1 unspecified atom stereocenters. The minimum Gasteiger partial charge on any atom is -0.383 e. The molecule has 0 heterocycles. The fourth-order valence-corrected chi connectivity index (χ4v) is 1.27. The van der Waals surface area contributed by atoms with Gasteiger partial charge in [-0.2, -0.15) is 0 Å². The number of hydrogen-bond acceptors (Lipinski definition) is 5. The van der Waals surface area contributed by atoms with Crippen molar-refractivity contribution in [2.24, 2.45) is 0 Å². The summed E-state index contributed by atoms with van der Waals surface area (Å²) in [5.74, 6) is 0. The molecule has 0 aromatic heterocycles. The fourth-order valence-electron chi connectivity index (χ4n) is 1.27. The first-order valence-electron chi connectivity index (χ1n) is 5.51. The summed E-state index contributed by atoms with van der Waals surface area (Å²) in [6.07, 6.45) is 0. The van der Waals surface area contributed by atoms with Crippen LogP contribution in [-0.2, 0) is 18.9 Å². The van der Waals surface area contributed by atoms with Gasteiger partial charge in [-0.15, -0.1) is 0 Å². The van der Waals surface area contributed by atoms with E-state index in [0.29, 0.717) is 26.4 Å². The van der Waals surface area contributed by atoms with E-state index in [1.165, 1.54) is 0 Å². The Morgan fingerprint density at radius 1 is 0.875 bits per heavy atom. The Labute approximate surface area is 98.6 Å². The third-order valence-electron chi connectivity index (χ3n) is 2.37. The van der Waals surface area contributed by atoms with Crippen molar-refractivity contribution in [1.29, 1.82) is 0 Å². The molecule has 5 heteroatoms. The predicted octanol–water partition coefficient (Wildman–Crippen LogP) is 0.243. The van der Waals surface area contributed by atoms with E-state index in [1.807, 2.05) is 7.05 Å². The molecule has 98 valence electrons. The number of hydrogen-bond donors (Lipinski definition) is 0. The summed E-state index contributed by atoms with van der Waals surface area (Å²) in [5, 5.41) is 0. The minimum atomic E-state index is 0.261. The molecule has 0 fully saturated rings. The molecule has 5 nitrogen and oxygen atoms in total. The Kier molecular flexibility index (Phi) is 11.1. The lowest BCUT2D eigenvalue weighted by atomic mass is 10.3. The predicted molar refractivity (Wildman–Crippen MR) is 62.9 cm³/mol. The number of methoxy groups -OCH3 is 3. The normalized spacial score (nSPS) is 13.3. The van der Waals surface area contributed by atoms with Crippen molar-refractivity contribution in [3.05, 3.63) is 0 Å². The van der Waals surface area contributed by atoms with Gasteiger partial charge in [0.15, 0.2) is 0 Å². The van der Waals surface area contributed by atoms with Crippen LogP contribution in [-0.4, -0.2) is 78.9 Å². The van der Waals surface area contributed by atoms with E-state index in [1.54, 1.807) is 21.3 Å². The molecule has 1 atom stereocenters. The Hall–Kier alpha value is -0.200. The molecule has 0 aliphatic rings.